The molecule has 0 saturated carbocycles. The van der Waals surface area contributed by atoms with Crippen LogP contribution < -0.4 is 10.6 Å². The summed E-state index contributed by atoms with van der Waals surface area (Å²) in [5.41, 5.74) is 3.11. The Morgan fingerprint density at radius 3 is 2.02 bits per heavy atom. The Labute approximate surface area is 236 Å². The molecule has 0 aliphatic heterocycles. The number of hydrogen-bond donors (Lipinski definition) is 4. The van der Waals surface area contributed by atoms with Gasteiger partial charge >= 0.3 is 18.0 Å². The second kappa shape index (κ2) is 14.3. The summed E-state index contributed by atoms with van der Waals surface area (Å²) in [6, 6.07) is 23.0. The van der Waals surface area contributed by atoms with Gasteiger partial charge in [-0.1, -0.05) is 78.9 Å². The van der Waals surface area contributed by atoms with Crippen LogP contribution in [0.3, 0.4) is 0 Å². The third kappa shape index (κ3) is 8.69. The monoisotopic (exact) mass is 557 g/mol. The molecule has 2 atom stereocenters. The molecule has 0 aliphatic rings. The summed E-state index contributed by atoms with van der Waals surface area (Å²) in [6.07, 6.45) is 0.514. The van der Waals surface area contributed by atoms with Crippen molar-refractivity contribution in [2.24, 2.45) is 0 Å². The minimum atomic E-state index is -1.28. The molecule has 10 heteroatoms. The molecule has 10 nitrogen and oxygen atoms in total. The van der Waals surface area contributed by atoms with Gasteiger partial charge in [0.1, 0.15) is 25.3 Å². The molecule has 1 aromatic heterocycles. The predicted molar refractivity (Wildman–Crippen MR) is 151 cm³/mol. The van der Waals surface area contributed by atoms with Crippen LogP contribution in [0.1, 0.15) is 29.5 Å². The molecule has 0 spiro atoms. The molecule has 0 radical (unpaired) electrons. The number of H-pyrrole nitrogens is 1. The van der Waals surface area contributed by atoms with E-state index in [-0.39, 0.29) is 32.5 Å². The number of aliphatic carboxylic acids is 1. The highest BCUT2D eigenvalue weighted by Crippen LogP contribution is 2.19. The third-order valence-corrected chi connectivity index (χ3v) is 6.41. The van der Waals surface area contributed by atoms with Gasteiger partial charge in [0.05, 0.1) is 0 Å². The van der Waals surface area contributed by atoms with Gasteiger partial charge in [-0.2, -0.15) is 0 Å². The van der Waals surface area contributed by atoms with Gasteiger partial charge in [-0.25, -0.2) is 9.59 Å². The Morgan fingerprint density at radius 1 is 0.756 bits per heavy atom. The summed E-state index contributed by atoms with van der Waals surface area (Å²) in [4.78, 5) is 53.4. The number of rotatable bonds is 13. The number of nitrogens with one attached hydrogen (secondary N) is 3. The first-order chi connectivity index (χ1) is 19.9. The van der Waals surface area contributed by atoms with Crippen molar-refractivity contribution in [3.63, 3.8) is 0 Å². The van der Waals surface area contributed by atoms with E-state index in [2.05, 4.69) is 15.6 Å². The van der Waals surface area contributed by atoms with Gasteiger partial charge < -0.3 is 30.2 Å². The Kier molecular flexibility index (Phi) is 10.1. The molecular formula is C31H31N3O7. The Balaban J connectivity index is 1.40. The van der Waals surface area contributed by atoms with Gasteiger partial charge in [-0.15, -0.1) is 0 Å². The van der Waals surface area contributed by atoms with Crippen LogP contribution in [0.2, 0.25) is 0 Å². The molecule has 212 valence electrons. The third-order valence-electron chi connectivity index (χ3n) is 6.41. The van der Waals surface area contributed by atoms with Crippen LogP contribution in [0, 0.1) is 0 Å². The van der Waals surface area contributed by atoms with Crippen LogP contribution in [-0.4, -0.2) is 46.1 Å². The molecule has 2 amide bonds. The normalized spacial score (nSPS) is 12.2. The lowest BCUT2D eigenvalue weighted by molar-refractivity contribution is -0.146. The van der Waals surface area contributed by atoms with Crippen molar-refractivity contribution in [3.05, 3.63) is 108 Å². The molecule has 0 bridgehead atoms. The maximum absolute atomic E-state index is 13.2. The molecule has 4 aromatic rings. The maximum atomic E-state index is 13.2. The zero-order chi connectivity index (χ0) is 29.0. The fourth-order valence-corrected chi connectivity index (χ4v) is 4.24. The van der Waals surface area contributed by atoms with Crippen LogP contribution in [0.5, 0.6) is 0 Å². The number of aromatic nitrogens is 1. The second-order valence-electron chi connectivity index (χ2n) is 9.41. The summed E-state index contributed by atoms with van der Waals surface area (Å²) < 4.78 is 10.5. The fourth-order valence-electron chi connectivity index (χ4n) is 4.24. The SMILES string of the molecule is O=C(CCC(NC(=O)OCc1ccccc1)C(=O)NC(Cc1c[nH]c2ccccc12)C(=O)O)OCc1ccccc1. The predicted octanol–water partition coefficient (Wildman–Crippen LogP) is 4.10. The van der Waals surface area contributed by atoms with E-state index in [1.165, 1.54) is 0 Å². The quantitative estimate of drug-likeness (QED) is 0.181. The molecular weight excluding hydrogens is 526 g/mol. The second-order valence-corrected chi connectivity index (χ2v) is 9.41. The number of carbonyl (C=O) groups excluding carboxylic acids is 3. The molecule has 4 rings (SSSR count). The summed E-state index contributed by atoms with van der Waals surface area (Å²) in [5, 5.41) is 15.7. The van der Waals surface area contributed by atoms with E-state index in [0.29, 0.717) is 5.56 Å². The van der Waals surface area contributed by atoms with Gasteiger partial charge in [-0.3, -0.25) is 9.59 Å². The van der Waals surface area contributed by atoms with Gasteiger partial charge in [0.15, 0.2) is 0 Å². The number of aromatic amines is 1. The van der Waals surface area contributed by atoms with Gasteiger partial charge in [-0.05, 0) is 29.2 Å². The van der Waals surface area contributed by atoms with Crippen molar-refractivity contribution in [1.29, 1.82) is 0 Å². The van der Waals surface area contributed by atoms with Crippen molar-refractivity contribution in [1.82, 2.24) is 15.6 Å². The molecule has 41 heavy (non-hydrogen) atoms. The van der Waals surface area contributed by atoms with E-state index in [9.17, 15) is 24.3 Å². The molecule has 3 aromatic carbocycles. The number of fused-ring (bicyclic) bond motifs is 1. The van der Waals surface area contributed by atoms with Crippen LogP contribution in [-0.2, 0) is 43.5 Å². The lowest BCUT2D eigenvalue weighted by Crippen LogP contribution is -2.52. The highest BCUT2D eigenvalue weighted by atomic mass is 16.5. The zero-order valence-corrected chi connectivity index (χ0v) is 22.2. The van der Waals surface area contributed by atoms with Crippen molar-refractivity contribution in [2.45, 2.75) is 44.6 Å². The summed E-state index contributed by atoms with van der Waals surface area (Å²) in [5.74, 6) is -2.57. The molecule has 1 heterocycles. The number of para-hydroxylation sites is 1. The number of ether oxygens (including phenoxy) is 2. The van der Waals surface area contributed by atoms with Crippen molar-refractivity contribution in [3.8, 4) is 0 Å². The average Bonchev–Trinajstić information content (AvgIpc) is 3.40. The number of carboxylic acid groups (broad SMARTS) is 1. The summed E-state index contributed by atoms with van der Waals surface area (Å²) in [7, 11) is 0. The van der Waals surface area contributed by atoms with Gasteiger partial charge in [0, 0.05) is 29.9 Å². The highest BCUT2D eigenvalue weighted by Gasteiger charge is 2.28. The van der Waals surface area contributed by atoms with Crippen molar-refractivity contribution >= 4 is 34.8 Å². The highest BCUT2D eigenvalue weighted by molar-refractivity contribution is 5.90. The van der Waals surface area contributed by atoms with Crippen molar-refractivity contribution < 1.29 is 33.8 Å². The number of esters is 1. The van der Waals surface area contributed by atoms with E-state index in [4.69, 9.17) is 9.47 Å². The number of amides is 2. The van der Waals surface area contributed by atoms with Crippen LogP contribution in [0.4, 0.5) is 4.79 Å². The van der Waals surface area contributed by atoms with E-state index in [0.717, 1.165) is 22.0 Å². The number of benzene rings is 3. The number of hydrogen-bond acceptors (Lipinski definition) is 6. The Hall–Kier alpha value is -5.12. The lowest BCUT2D eigenvalue weighted by Gasteiger charge is -2.21. The first kappa shape index (κ1) is 28.9. The summed E-state index contributed by atoms with van der Waals surface area (Å²) in [6.45, 7) is 0.0350. The molecule has 2 unspecified atom stereocenters. The zero-order valence-electron chi connectivity index (χ0n) is 22.2. The fraction of sp³-hybridized carbons (Fsp3) is 0.226. The summed E-state index contributed by atoms with van der Waals surface area (Å²) >= 11 is 0. The van der Waals surface area contributed by atoms with Crippen LogP contribution >= 0.6 is 0 Å². The molecule has 0 fully saturated rings. The van der Waals surface area contributed by atoms with Gasteiger partial charge in [0.2, 0.25) is 5.91 Å². The largest absolute Gasteiger partial charge is 0.480 e. The van der Waals surface area contributed by atoms with E-state index >= 15 is 0 Å². The van der Waals surface area contributed by atoms with E-state index < -0.39 is 36.0 Å². The Bertz CT molecular complexity index is 1470. The Morgan fingerprint density at radius 2 is 1.37 bits per heavy atom. The van der Waals surface area contributed by atoms with Crippen LogP contribution in [0.25, 0.3) is 10.9 Å². The number of carboxylic acids is 1. The average molecular weight is 558 g/mol. The first-order valence-electron chi connectivity index (χ1n) is 13.1. The molecule has 4 N–H and O–H groups in total. The maximum Gasteiger partial charge on any atom is 0.408 e. The minimum absolute atomic E-state index is 0.00930. The lowest BCUT2D eigenvalue weighted by atomic mass is 10.0. The first-order valence-corrected chi connectivity index (χ1v) is 13.1. The topological polar surface area (TPSA) is 147 Å². The molecule has 0 saturated heterocycles. The molecule has 0 aliphatic carbocycles. The number of alkyl carbamates (subject to hydrolysis) is 1. The van der Waals surface area contributed by atoms with Gasteiger partial charge in [0.25, 0.3) is 0 Å². The van der Waals surface area contributed by atoms with E-state index in [1.807, 2.05) is 60.7 Å². The number of carbonyl (C=O) groups is 4. The van der Waals surface area contributed by atoms with Crippen molar-refractivity contribution in [2.75, 3.05) is 0 Å². The smallest absolute Gasteiger partial charge is 0.408 e. The van der Waals surface area contributed by atoms with E-state index in [1.54, 1.807) is 30.5 Å². The standard InChI is InChI=1S/C31H31N3O7/c35-28(40-19-21-9-3-1-4-10-21)16-15-26(34-31(39)41-20-22-11-5-2-6-12-22)29(36)33-27(30(37)38)17-23-18-32-25-14-8-7-13-24(23)25/h1-14,18,26-27,32H,15-17,19-20H2,(H,33,36)(H,34,39)(H,37,38). The van der Waals surface area contributed by atoms with Crippen LogP contribution in [0.15, 0.2) is 91.1 Å². The minimum Gasteiger partial charge on any atom is -0.480 e.